The molecule has 1 fully saturated rings. The van der Waals surface area contributed by atoms with E-state index in [1.807, 2.05) is 11.8 Å². The Bertz CT molecular complexity index is 1070. The van der Waals surface area contributed by atoms with Crippen LogP contribution in [-0.4, -0.2) is 34.7 Å². The molecule has 2 aromatic carbocycles. The summed E-state index contributed by atoms with van der Waals surface area (Å²) in [6.45, 7) is 3.22. The fourth-order valence-corrected chi connectivity index (χ4v) is 4.07. The Balaban J connectivity index is 1.81. The lowest BCUT2D eigenvalue weighted by atomic mass is 10.0. The summed E-state index contributed by atoms with van der Waals surface area (Å²) in [5, 5.41) is 11.5. The standard InChI is InChI=1S/C22H20ClN3O4/c1-14-5-8-17(13-18(14)23)25-21(27)19(15-6-9-16(10-7-15)26(29)30)20(22(25)28)24-11-3-2-4-12-24/h5-10,13H,2-4,11-12H2,1H3. The molecule has 0 aliphatic carbocycles. The molecule has 2 heterocycles. The lowest BCUT2D eigenvalue weighted by Crippen LogP contribution is -2.37. The number of carbonyl (C=O) groups is 2. The lowest BCUT2D eigenvalue weighted by molar-refractivity contribution is -0.384. The van der Waals surface area contributed by atoms with Gasteiger partial charge in [0.15, 0.2) is 0 Å². The summed E-state index contributed by atoms with van der Waals surface area (Å²) < 4.78 is 0. The number of anilines is 1. The largest absolute Gasteiger partial charge is 0.366 e. The summed E-state index contributed by atoms with van der Waals surface area (Å²) in [5.74, 6) is -0.843. The van der Waals surface area contributed by atoms with Crippen LogP contribution in [0, 0.1) is 17.0 Å². The average Bonchev–Trinajstić information content (AvgIpc) is 3.01. The second-order valence-electron chi connectivity index (χ2n) is 7.45. The first-order chi connectivity index (χ1) is 14.4. The van der Waals surface area contributed by atoms with Crippen molar-refractivity contribution in [3.05, 3.63) is 74.4 Å². The van der Waals surface area contributed by atoms with E-state index in [9.17, 15) is 19.7 Å². The number of hydrogen-bond acceptors (Lipinski definition) is 5. The zero-order chi connectivity index (χ0) is 21.4. The molecule has 0 saturated carbocycles. The van der Waals surface area contributed by atoms with Gasteiger partial charge in [-0.25, -0.2) is 4.90 Å². The number of hydrogen-bond donors (Lipinski definition) is 0. The first kappa shape index (κ1) is 20.1. The molecule has 2 amide bonds. The highest BCUT2D eigenvalue weighted by Gasteiger charge is 2.42. The van der Waals surface area contributed by atoms with E-state index in [0.29, 0.717) is 35.1 Å². The summed E-state index contributed by atoms with van der Waals surface area (Å²) in [6, 6.07) is 10.8. The van der Waals surface area contributed by atoms with Gasteiger partial charge < -0.3 is 4.90 Å². The Morgan fingerprint density at radius 2 is 1.63 bits per heavy atom. The van der Waals surface area contributed by atoms with Crippen LogP contribution in [0.25, 0.3) is 5.57 Å². The van der Waals surface area contributed by atoms with Crippen LogP contribution in [0.2, 0.25) is 5.02 Å². The molecule has 0 aromatic heterocycles. The van der Waals surface area contributed by atoms with Crippen LogP contribution in [0.4, 0.5) is 11.4 Å². The van der Waals surface area contributed by atoms with Gasteiger partial charge in [0.25, 0.3) is 17.5 Å². The van der Waals surface area contributed by atoms with E-state index >= 15 is 0 Å². The Hall–Kier alpha value is -3.19. The van der Waals surface area contributed by atoms with Crippen molar-refractivity contribution < 1.29 is 14.5 Å². The maximum absolute atomic E-state index is 13.4. The van der Waals surface area contributed by atoms with Gasteiger partial charge in [0.05, 0.1) is 16.2 Å². The number of nitrogens with zero attached hydrogens (tertiary/aromatic N) is 3. The number of carbonyl (C=O) groups excluding carboxylic acids is 2. The van der Waals surface area contributed by atoms with Crippen molar-refractivity contribution in [3.63, 3.8) is 0 Å². The Labute approximate surface area is 178 Å². The lowest BCUT2D eigenvalue weighted by Gasteiger charge is -2.29. The van der Waals surface area contributed by atoms with Crippen molar-refractivity contribution in [1.29, 1.82) is 0 Å². The molecule has 1 saturated heterocycles. The number of amides is 2. The van der Waals surface area contributed by atoms with Gasteiger partial charge >= 0.3 is 0 Å². The number of aryl methyl sites for hydroxylation is 1. The number of nitro groups is 1. The fourth-order valence-electron chi connectivity index (χ4n) is 3.89. The summed E-state index contributed by atoms with van der Waals surface area (Å²) in [7, 11) is 0. The first-order valence-electron chi connectivity index (χ1n) is 9.77. The van der Waals surface area contributed by atoms with E-state index in [1.54, 1.807) is 18.2 Å². The molecule has 4 rings (SSSR count). The van der Waals surface area contributed by atoms with Crippen molar-refractivity contribution in [3.8, 4) is 0 Å². The van der Waals surface area contributed by atoms with Gasteiger partial charge in [-0.1, -0.05) is 17.7 Å². The molecule has 7 nitrogen and oxygen atoms in total. The molecule has 2 aliphatic heterocycles. The second-order valence-corrected chi connectivity index (χ2v) is 7.86. The van der Waals surface area contributed by atoms with Crippen LogP contribution in [0.1, 0.15) is 30.4 Å². The predicted molar refractivity (Wildman–Crippen MR) is 114 cm³/mol. The minimum Gasteiger partial charge on any atom is -0.366 e. The number of rotatable bonds is 4. The normalized spacial score (nSPS) is 17.1. The topological polar surface area (TPSA) is 83.8 Å². The summed E-state index contributed by atoms with van der Waals surface area (Å²) in [4.78, 5) is 40.5. The van der Waals surface area contributed by atoms with Gasteiger partial charge in [-0.15, -0.1) is 0 Å². The molecule has 2 aromatic rings. The number of likely N-dealkylation sites (tertiary alicyclic amines) is 1. The third kappa shape index (κ3) is 3.45. The average molecular weight is 426 g/mol. The Morgan fingerprint density at radius 3 is 2.23 bits per heavy atom. The van der Waals surface area contributed by atoms with Gasteiger partial charge in [-0.05, 0) is 61.6 Å². The van der Waals surface area contributed by atoms with E-state index in [2.05, 4.69) is 0 Å². The highest BCUT2D eigenvalue weighted by molar-refractivity contribution is 6.45. The van der Waals surface area contributed by atoms with Crippen LogP contribution in [0.15, 0.2) is 48.2 Å². The molecular weight excluding hydrogens is 406 g/mol. The Morgan fingerprint density at radius 1 is 0.967 bits per heavy atom. The zero-order valence-corrected chi connectivity index (χ0v) is 17.2. The number of imide groups is 1. The molecule has 0 N–H and O–H groups in total. The van der Waals surface area contributed by atoms with Crippen molar-refractivity contribution in [1.82, 2.24) is 4.90 Å². The van der Waals surface area contributed by atoms with E-state index in [4.69, 9.17) is 11.6 Å². The molecule has 0 unspecified atom stereocenters. The number of non-ortho nitro benzene ring substituents is 1. The number of piperidine rings is 1. The molecular formula is C22H20ClN3O4. The Kier molecular flexibility index (Phi) is 5.30. The molecule has 2 aliphatic rings. The number of halogens is 1. The molecule has 8 heteroatoms. The third-order valence-electron chi connectivity index (χ3n) is 5.51. The minimum atomic E-state index is -0.494. The van der Waals surface area contributed by atoms with Crippen molar-refractivity contribution >= 4 is 40.4 Å². The van der Waals surface area contributed by atoms with Gasteiger partial charge in [0.1, 0.15) is 5.70 Å². The minimum absolute atomic E-state index is 0.0715. The van der Waals surface area contributed by atoms with Gasteiger partial charge in [0, 0.05) is 30.2 Å². The molecule has 30 heavy (non-hydrogen) atoms. The maximum Gasteiger partial charge on any atom is 0.282 e. The van der Waals surface area contributed by atoms with Crippen LogP contribution < -0.4 is 4.90 Å². The third-order valence-corrected chi connectivity index (χ3v) is 5.92. The highest BCUT2D eigenvalue weighted by Crippen LogP contribution is 2.37. The van der Waals surface area contributed by atoms with E-state index in [1.165, 1.54) is 24.3 Å². The number of benzene rings is 2. The smallest absolute Gasteiger partial charge is 0.282 e. The van der Waals surface area contributed by atoms with E-state index in [0.717, 1.165) is 29.7 Å². The van der Waals surface area contributed by atoms with Crippen LogP contribution >= 0.6 is 11.6 Å². The van der Waals surface area contributed by atoms with Crippen LogP contribution in [0.5, 0.6) is 0 Å². The van der Waals surface area contributed by atoms with Gasteiger partial charge in [-0.2, -0.15) is 0 Å². The molecule has 0 bridgehead atoms. The molecule has 0 spiro atoms. The molecule has 0 atom stereocenters. The number of nitro benzene ring substituents is 1. The van der Waals surface area contributed by atoms with E-state index < -0.39 is 16.7 Å². The van der Waals surface area contributed by atoms with Crippen LogP contribution in [0.3, 0.4) is 0 Å². The second kappa shape index (κ2) is 7.91. The fraction of sp³-hybridized carbons (Fsp3) is 0.273. The van der Waals surface area contributed by atoms with Crippen molar-refractivity contribution in [2.24, 2.45) is 0 Å². The van der Waals surface area contributed by atoms with Crippen molar-refractivity contribution in [2.45, 2.75) is 26.2 Å². The summed E-state index contributed by atoms with van der Waals surface area (Å²) in [6.07, 6.45) is 2.96. The first-order valence-corrected chi connectivity index (χ1v) is 10.2. The van der Waals surface area contributed by atoms with Crippen LogP contribution in [-0.2, 0) is 9.59 Å². The molecule has 0 radical (unpaired) electrons. The maximum atomic E-state index is 13.4. The zero-order valence-electron chi connectivity index (χ0n) is 16.4. The SMILES string of the molecule is Cc1ccc(N2C(=O)C(c3ccc([N+](=O)[O-])cc3)=C(N3CCCCC3)C2=O)cc1Cl. The van der Waals surface area contributed by atoms with Gasteiger partial charge in [0.2, 0.25) is 0 Å². The summed E-state index contributed by atoms with van der Waals surface area (Å²) in [5.41, 5.74) is 2.29. The monoisotopic (exact) mass is 425 g/mol. The van der Waals surface area contributed by atoms with Gasteiger partial charge in [-0.3, -0.25) is 19.7 Å². The summed E-state index contributed by atoms with van der Waals surface area (Å²) >= 11 is 6.24. The predicted octanol–water partition coefficient (Wildman–Crippen LogP) is 4.33. The van der Waals surface area contributed by atoms with E-state index in [-0.39, 0.29) is 11.3 Å². The highest BCUT2D eigenvalue weighted by atomic mass is 35.5. The van der Waals surface area contributed by atoms with Crippen molar-refractivity contribution in [2.75, 3.05) is 18.0 Å². The quantitative estimate of drug-likeness (QED) is 0.413. The molecule has 154 valence electrons.